The van der Waals surface area contributed by atoms with E-state index in [2.05, 4.69) is 0 Å². The van der Waals surface area contributed by atoms with E-state index in [0.717, 1.165) is 0 Å². The summed E-state index contributed by atoms with van der Waals surface area (Å²) < 4.78 is 26.5. The minimum Gasteiger partial charge on any atom is -0.481 e. The van der Waals surface area contributed by atoms with Gasteiger partial charge in [-0.3, -0.25) is 14.4 Å². The van der Waals surface area contributed by atoms with Crippen LogP contribution in [0.3, 0.4) is 0 Å². The Balaban J connectivity index is 1.89. The van der Waals surface area contributed by atoms with Gasteiger partial charge in [-0.25, -0.2) is 9.18 Å². The molecule has 3 rings (SSSR count). The summed E-state index contributed by atoms with van der Waals surface area (Å²) in [4.78, 5) is 46.9. The van der Waals surface area contributed by atoms with E-state index in [-0.39, 0.29) is 16.7 Å². The average molecular weight is 548 g/mol. The van der Waals surface area contributed by atoms with Gasteiger partial charge in [0.2, 0.25) is 5.67 Å². The molecular weight excluding hydrogens is 528 g/mol. The van der Waals surface area contributed by atoms with Crippen molar-refractivity contribution in [3.63, 3.8) is 0 Å². The van der Waals surface area contributed by atoms with E-state index >= 15 is 4.39 Å². The summed E-state index contributed by atoms with van der Waals surface area (Å²) in [5, 5.41) is 38.5. The van der Waals surface area contributed by atoms with Crippen molar-refractivity contribution in [3.8, 4) is 6.07 Å². The number of fused-ring (bicyclic) bond motifs is 1. The molecule has 0 heterocycles. The van der Waals surface area contributed by atoms with Crippen LogP contribution in [-0.2, 0) is 35.3 Å². The number of carboxylic acids is 2. The number of amides is 1. The quantitative estimate of drug-likeness (QED) is 0.250. The number of aliphatic hydroxyl groups is 1. The molecule has 1 amide bonds. The number of nitrogens with two attached hydrogens (primary N) is 2. The fraction of sp³-hybridized carbons (Fsp3) is 0.476. The first kappa shape index (κ1) is 27.6. The first-order chi connectivity index (χ1) is 16.6. The number of nitrogens with zero attached hydrogens (tertiary/aromatic N) is 1. The average Bonchev–Trinajstić information content (AvgIpc) is 3.18. The predicted octanol–water partition coefficient (Wildman–Crippen LogP) is 0.289. The van der Waals surface area contributed by atoms with Crippen molar-refractivity contribution in [1.29, 1.82) is 5.26 Å². The summed E-state index contributed by atoms with van der Waals surface area (Å²) in [6.07, 6.45) is -4.54. The van der Waals surface area contributed by atoms with Gasteiger partial charge < -0.3 is 36.3 Å². The Morgan fingerprint density at radius 2 is 1.86 bits per heavy atom. The van der Waals surface area contributed by atoms with Crippen LogP contribution in [0, 0.1) is 17.2 Å². The molecule has 2 saturated carbocycles. The van der Waals surface area contributed by atoms with Crippen LogP contribution in [0.4, 0.5) is 4.39 Å². The lowest BCUT2D eigenvalue weighted by Crippen LogP contribution is -2.64. The summed E-state index contributed by atoms with van der Waals surface area (Å²) in [7, 11) is 0. The SMILES string of the molecule is N#C[C@@]1(N)[C@H](OCc2ccc(Cl)c(Cl)c2)C[C@@H]2[C@]1(OC(=O)CC(O)(CC(=O)O)C(=O)O)[C@@]2(F)C(N)=O. The number of hydrogen-bond acceptors (Lipinski definition) is 9. The summed E-state index contributed by atoms with van der Waals surface area (Å²) in [5.41, 5.74) is 0.464. The molecule has 1 aromatic carbocycles. The smallest absolute Gasteiger partial charge is 0.336 e. The number of alkyl halides is 1. The number of benzene rings is 1. The van der Waals surface area contributed by atoms with Crippen molar-refractivity contribution in [2.75, 3.05) is 0 Å². The van der Waals surface area contributed by atoms with Gasteiger partial charge in [-0.1, -0.05) is 29.3 Å². The number of rotatable bonds is 10. The normalized spacial score (nSPS) is 32.0. The third-order valence-electron chi connectivity index (χ3n) is 6.53. The monoisotopic (exact) mass is 547 g/mol. The number of aliphatic carboxylic acids is 2. The highest BCUT2D eigenvalue weighted by Gasteiger charge is 2.96. The molecule has 0 spiro atoms. The standard InChI is InChI=1S/C21H20Cl2FN3O9/c22-10-2-1-9(3-11(10)23)7-35-13-4-12-20(24,16(26)31)21(12,19(13,27)8-25)36-15(30)6-18(34,17(32)33)5-14(28)29/h1-3,12-13,34H,4-7,27H2,(H2,26,31)(H,28,29)(H,32,33)/t12-,13+,18?,19+,20-,21+/m0/s1. The highest BCUT2D eigenvalue weighted by atomic mass is 35.5. The summed E-state index contributed by atoms with van der Waals surface area (Å²) in [6.45, 7) is -0.188. The van der Waals surface area contributed by atoms with Crippen LogP contribution >= 0.6 is 23.2 Å². The van der Waals surface area contributed by atoms with Crippen molar-refractivity contribution in [2.45, 2.75) is 54.4 Å². The topological polar surface area (TPSA) is 223 Å². The number of primary amides is 1. The molecule has 194 valence electrons. The number of esters is 1. The minimum atomic E-state index is -3.12. The molecule has 7 N–H and O–H groups in total. The van der Waals surface area contributed by atoms with Gasteiger partial charge in [0.1, 0.15) is 0 Å². The molecule has 2 aliphatic carbocycles. The van der Waals surface area contributed by atoms with E-state index in [9.17, 15) is 34.7 Å². The highest BCUT2D eigenvalue weighted by molar-refractivity contribution is 6.42. The Kier molecular flexibility index (Phi) is 6.99. The number of halogens is 3. The Morgan fingerprint density at radius 3 is 2.36 bits per heavy atom. The molecule has 2 aliphatic rings. The first-order valence-corrected chi connectivity index (χ1v) is 11.0. The summed E-state index contributed by atoms with van der Waals surface area (Å²) >= 11 is 11.8. The molecule has 12 nitrogen and oxygen atoms in total. The fourth-order valence-corrected chi connectivity index (χ4v) is 5.05. The first-order valence-electron chi connectivity index (χ1n) is 10.2. The largest absolute Gasteiger partial charge is 0.481 e. The Hall–Kier alpha value is -3.02. The second kappa shape index (κ2) is 9.13. The van der Waals surface area contributed by atoms with Crippen LogP contribution in [0.15, 0.2) is 18.2 Å². The van der Waals surface area contributed by atoms with Crippen LogP contribution < -0.4 is 11.5 Å². The Morgan fingerprint density at radius 1 is 1.22 bits per heavy atom. The third-order valence-corrected chi connectivity index (χ3v) is 7.27. The van der Waals surface area contributed by atoms with Gasteiger partial charge in [0.25, 0.3) is 5.91 Å². The number of hydrogen-bond donors (Lipinski definition) is 5. The number of ether oxygens (including phenoxy) is 2. The lowest BCUT2D eigenvalue weighted by molar-refractivity contribution is -0.178. The van der Waals surface area contributed by atoms with Crippen LogP contribution in [0.1, 0.15) is 24.8 Å². The summed E-state index contributed by atoms with van der Waals surface area (Å²) in [6, 6.07) is 6.13. The third kappa shape index (κ3) is 4.04. The second-order valence-corrected chi connectivity index (χ2v) is 9.50. The number of carbonyl (C=O) groups is 4. The van der Waals surface area contributed by atoms with Crippen molar-refractivity contribution >= 4 is 47.0 Å². The zero-order chi connectivity index (χ0) is 27.3. The van der Waals surface area contributed by atoms with E-state index in [1.807, 2.05) is 0 Å². The number of nitriles is 1. The molecule has 36 heavy (non-hydrogen) atoms. The van der Waals surface area contributed by atoms with Crippen LogP contribution in [-0.4, -0.2) is 67.6 Å². The number of carbonyl (C=O) groups excluding carboxylic acids is 2. The molecule has 6 atom stereocenters. The van der Waals surface area contributed by atoms with E-state index in [0.29, 0.717) is 5.56 Å². The van der Waals surface area contributed by atoms with Gasteiger partial charge in [0, 0.05) is 0 Å². The Labute approximate surface area is 212 Å². The maximum absolute atomic E-state index is 15.7. The zero-order valence-electron chi connectivity index (χ0n) is 18.2. The molecule has 0 radical (unpaired) electrons. The van der Waals surface area contributed by atoms with Crippen molar-refractivity contribution in [1.82, 2.24) is 0 Å². The lowest BCUT2D eigenvalue weighted by Gasteiger charge is -2.36. The van der Waals surface area contributed by atoms with Crippen molar-refractivity contribution in [3.05, 3.63) is 33.8 Å². The van der Waals surface area contributed by atoms with E-state index in [1.54, 1.807) is 12.1 Å². The molecule has 0 bridgehead atoms. The molecule has 0 aliphatic heterocycles. The molecular formula is C21H20Cl2FN3O9. The maximum Gasteiger partial charge on any atom is 0.336 e. The van der Waals surface area contributed by atoms with Gasteiger partial charge in [-0.05, 0) is 24.1 Å². The second-order valence-electron chi connectivity index (χ2n) is 8.69. The Bertz CT molecular complexity index is 1200. The molecule has 1 unspecified atom stereocenters. The molecule has 1 aromatic rings. The minimum absolute atomic E-state index is 0.188. The van der Waals surface area contributed by atoms with Gasteiger partial charge in [-0.2, -0.15) is 5.26 Å². The van der Waals surface area contributed by atoms with Gasteiger partial charge in [0.15, 0.2) is 16.7 Å². The van der Waals surface area contributed by atoms with Crippen LogP contribution in [0.2, 0.25) is 10.0 Å². The lowest BCUT2D eigenvalue weighted by atomic mass is 9.86. The van der Waals surface area contributed by atoms with Gasteiger partial charge >= 0.3 is 17.9 Å². The number of carboxylic acid groups (broad SMARTS) is 2. The van der Waals surface area contributed by atoms with Crippen molar-refractivity contribution in [2.24, 2.45) is 17.4 Å². The van der Waals surface area contributed by atoms with Crippen LogP contribution in [0.25, 0.3) is 0 Å². The maximum atomic E-state index is 15.7. The van der Waals surface area contributed by atoms with Crippen LogP contribution in [0.5, 0.6) is 0 Å². The van der Waals surface area contributed by atoms with Gasteiger partial charge in [0.05, 0.1) is 47.6 Å². The van der Waals surface area contributed by atoms with E-state index < -0.39 is 77.5 Å². The molecule has 0 saturated heterocycles. The van der Waals surface area contributed by atoms with Gasteiger partial charge in [-0.15, -0.1) is 0 Å². The van der Waals surface area contributed by atoms with E-state index in [1.165, 1.54) is 12.1 Å². The fourth-order valence-electron chi connectivity index (χ4n) is 4.73. The zero-order valence-corrected chi connectivity index (χ0v) is 19.8. The molecule has 0 aromatic heterocycles. The highest BCUT2D eigenvalue weighted by Crippen LogP contribution is 2.72. The molecule has 2 fully saturated rings. The van der Waals surface area contributed by atoms with E-state index in [4.69, 9.17) is 49.2 Å². The summed E-state index contributed by atoms with van der Waals surface area (Å²) in [5.74, 6) is -8.57. The molecule has 15 heteroatoms. The predicted molar refractivity (Wildman–Crippen MR) is 117 cm³/mol. The van der Waals surface area contributed by atoms with Crippen molar-refractivity contribution < 1.29 is 48.4 Å².